The first-order chi connectivity index (χ1) is 9.47. The Hall–Kier alpha value is -0.930. The van der Waals surface area contributed by atoms with Gasteiger partial charge in [-0.05, 0) is 64.3 Å². The number of nitrogens with zero attached hydrogens (tertiary/aromatic N) is 1. The molecular weight excluding hydrogens is 312 g/mol. The van der Waals surface area contributed by atoms with Crippen LogP contribution in [0.3, 0.4) is 0 Å². The molecule has 20 heavy (non-hydrogen) atoms. The third kappa shape index (κ3) is 4.29. The van der Waals surface area contributed by atoms with Crippen LogP contribution < -0.4 is 5.32 Å². The summed E-state index contributed by atoms with van der Waals surface area (Å²) in [5, 5.41) is 4.74. The van der Waals surface area contributed by atoms with Gasteiger partial charge >= 0.3 is 0 Å². The summed E-state index contributed by atoms with van der Waals surface area (Å²) < 4.78 is 1.12. The first kappa shape index (κ1) is 15.5. The summed E-state index contributed by atoms with van der Waals surface area (Å²) in [5.74, 6) is 0. The summed E-state index contributed by atoms with van der Waals surface area (Å²) in [5.41, 5.74) is 2.69. The Kier molecular flexibility index (Phi) is 5.17. The molecule has 0 bridgehead atoms. The Balaban J connectivity index is 1.95. The van der Waals surface area contributed by atoms with E-state index < -0.39 is 0 Å². The fraction of sp³-hybridized carbons (Fsp3) is 0.471. The molecule has 0 spiro atoms. The number of nitrogens with one attached hydrogen (secondary N) is 1. The van der Waals surface area contributed by atoms with Crippen LogP contribution in [-0.2, 0) is 6.42 Å². The summed E-state index contributed by atoms with van der Waals surface area (Å²) in [6.45, 7) is 7.70. The molecular formula is C17H23BrN2. The van der Waals surface area contributed by atoms with Crippen LogP contribution in [0.2, 0.25) is 0 Å². The third-order valence-electron chi connectivity index (χ3n) is 3.33. The van der Waals surface area contributed by atoms with Gasteiger partial charge in [0.1, 0.15) is 0 Å². The van der Waals surface area contributed by atoms with Gasteiger partial charge in [0, 0.05) is 21.6 Å². The second-order valence-corrected chi connectivity index (χ2v) is 7.09. The molecule has 3 heteroatoms. The van der Waals surface area contributed by atoms with Crippen LogP contribution in [0.1, 0.15) is 39.2 Å². The molecule has 0 aliphatic carbocycles. The van der Waals surface area contributed by atoms with Crippen molar-refractivity contribution in [3.8, 4) is 0 Å². The van der Waals surface area contributed by atoms with Crippen molar-refractivity contribution in [3.63, 3.8) is 0 Å². The Labute approximate surface area is 130 Å². The van der Waals surface area contributed by atoms with Gasteiger partial charge < -0.3 is 5.32 Å². The first-order valence-electron chi connectivity index (χ1n) is 7.24. The predicted octanol–water partition coefficient (Wildman–Crippen LogP) is 4.71. The first-order valence-corrected chi connectivity index (χ1v) is 8.04. The number of hydrogen-bond donors (Lipinski definition) is 1. The molecule has 2 aromatic rings. The molecule has 0 atom stereocenters. The van der Waals surface area contributed by atoms with Crippen molar-refractivity contribution in [2.24, 2.45) is 0 Å². The SMILES string of the molecule is CC(C)(C)NCCCCc1ccc(Br)c2cccnc12. The fourth-order valence-electron chi connectivity index (χ4n) is 2.30. The van der Waals surface area contributed by atoms with E-state index in [4.69, 9.17) is 0 Å². The van der Waals surface area contributed by atoms with Gasteiger partial charge in [0.25, 0.3) is 0 Å². The lowest BCUT2D eigenvalue weighted by Gasteiger charge is -2.20. The topological polar surface area (TPSA) is 24.9 Å². The van der Waals surface area contributed by atoms with E-state index >= 15 is 0 Å². The molecule has 1 aromatic heterocycles. The van der Waals surface area contributed by atoms with E-state index in [0.29, 0.717) is 0 Å². The number of hydrogen-bond acceptors (Lipinski definition) is 2. The molecule has 1 aromatic carbocycles. The van der Waals surface area contributed by atoms with Crippen LogP contribution in [0.5, 0.6) is 0 Å². The van der Waals surface area contributed by atoms with E-state index in [1.54, 1.807) is 0 Å². The minimum absolute atomic E-state index is 0.214. The van der Waals surface area contributed by atoms with Gasteiger partial charge in [-0.1, -0.05) is 28.1 Å². The molecule has 1 heterocycles. The van der Waals surface area contributed by atoms with E-state index in [2.05, 4.69) is 65.2 Å². The van der Waals surface area contributed by atoms with Gasteiger partial charge in [0.15, 0.2) is 0 Å². The zero-order valence-electron chi connectivity index (χ0n) is 12.5. The zero-order valence-corrected chi connectivity index (χ0v) is 14.1. The lowest BCUT2D eigenvalue weighted by molar-refractivity contribution is 0.419. The van der Waals surface area contributed by atoms with Gasteiger partial charge in [0.2, 0.25) is 0 Å². The van der Waals surface area contributed by atoms with Crippen molar-refractivity contribution in [2.75, 3.05) is 6.54 Å². The zero-order chi connectivity index (χ0) is 14.6. The Morgan fingerprint density at radius 1 is 1.15 bits per heavy atom. The smallest absolute Gasteiger partial charge is 0.0745 e. The quantitative estimate of drug-likeness (QED) is 0.801. The van der Waals surface area contributed by atoms with Gasteiger partial charge in [-0.15, -0.1) is 0 Å². The van der Waals surface area contributed by atoms with Crippen molar-refractivity contribution < 1.29 is 0 Å². The second kappa shape index (κ2) is 6.68. The molecule has 0 fully saturated rings. The number of halogens is 1. The highest BCUT2D eigenvalue weighted by Gasteiger charge is 2.08. The summed E-state index contributed by atoms with van der Waals surface area (Å²) in [6.07, 6.45) is 5.35. The van der Waals surface area contributed by atoms with Crippen molar-refractivity contribution >= 4 is 26.8 Å². The van der Waals surface area contributed by atoms with Crippen LogP contribution >= 0.6 is 15.9 Å². The highest BCUT2D eigenvalue weighted by atomic mass is 79.9. The number of rotatable bonds is 5. The summed E-state index contributed by atoms with van der Waals surface area (Å²) >= 11 is 3.60. The summed E-state index contributed by atoms with van der Waals surface area (Å²) in [6, 6.07) is 8.44. The van der Waals surface area contributed by atoms with E-state index in [-0.39, 0.29) is 5.54 Å². The molecule has 1 N–H and O–H groups in total. The number of aryl methyl sites for hydroxylation is 1. The normalized spacial score (nSPS) is 12.0. The van der Waals surface area contributed by atoms with Gasteiger partial charge in [0.05, 0.1) is 5.52 Å². The number of unbranched alkanes of at least 4 members (excludes halogenated alkanes) is 1. The molecule has 0 unspecified atom stereocenters. The van der Waals surface area contributed by atoms with E-state index in [9.17, 15) is 0 Å². The van der Waals surface area contributed by atoms with Gasteiger partial charge in [-0.25, -0.2) is 0 Å². The minimum Gasteiger partial charge on any atom is -0.312 e. The van der Waals surface area contributed by atoms with E-state index in [1.807, 2.05) is 12.3 Å². The van der Waals surface area contributed by atoms with E-state index in [1.165, 1.54) is 23.8 Å². The molecule has 2 nitrogen and oxygen atoms in total. The second-order valence-electron chi connectivity index (χ2n) is 6.24. The molecule has 0 radical (unpaired) electrons. The molecule has 0 amide bonds. The van der Waals surface area contributed by atoms with E-state index in [0.717, 1.165) is 23.0 Å². The fourth-order valence-corrected chi connectivity index (χ4v) is 2.75. The maximum atomic E-state index is 4.53. The molecule has 0 saturated heterocycles. The lowest BCUT2D eigenvalue weighted by atomic mass is 10.0. The van der Waals surface area contributed by atoms with Crippen molar-refractivity contribution in [3.05, 3.63) is 40.5 Å². The van der Waals surface area contributed by atoms with Gasteiger partial charge in [-0.2, -0.15) is 0 Å². The van der Waals surface area contributed by atoms with Crippen LogP contribution in [0.4, 0.5) is 0 Å². The number of pyridine rings is 1. The average Bonchev–Trinajstić information content (AvgIpc) is 2.40. The standard InChI is InChI=1S/C17H23BrN2/c1-17(2,3)20-12-5-4-7-13-9-10-15(18)14-8-6-11-19-16(13)14/h6,8-11,20H,4-5,7,12H2,1-3H3. The third-order valence-corrected chi connectivity index (χ3v) is 4.02. The van der Waals surface area contributed by atoms with Crippen LogP contribution in [0, 0.1) is 0 Å². The van der Waals surface area contributed by atoms with Crippen LogP contribution in [-0.4, -0.2) is 17.1 Å². The maximum absolute atomic E-state index is 4.53. The number of benzene rings is 1. The highest BCUT2D eigenvalue weighted by Crippen LogP contribution is 2.26. The molecule has 0 aliphatic heterocycles. The Bertz CT molecular complexity index is 573. The van der Waals surface area contributed by atoms with Crippen molar-refractivity contribution in [1.82, 2.24) is 10.3 Å². The van der Waals surface area contributed by atoms with Crippen molar-refractivity contribution in [1.29, 1.82) is 0 Å². The maximum Gasteiger partial charge on any atom is 0.0745 e. The minimum atomic E-state index is 0.214. The molecule has 0 aliphatic rings. The largest absolute Gasteiger partial charge is 0.312 e. The van der Waals surface area contributed by atoms with Crippen LogP contribution in [0.25, 0.3) is 10.9 Å². The molecule has 2 rings (SSSR count). The number of fused-ring (bicyclic) bond motifs is 1. The highest BCUT2D eigenvalue weighted by molar-refractivity contribution is 9.10. The Morgan fingerprint density at radius 3 is 2.70 bits per heavy atom. The summed E-state index contributed by atoms with van der Waals surface area (Å²) in [7, 11) is 0. The lowest BCUT2D eigenvalue weighted by Crippen LogP contribution is -2.36. The summed E-state index contributed by atoms with van der Waals surface area (Å²) in [4.78, 5) is 4.53. The Morgan fingerprint density at radius 2 is 1.95 bits per heavy atom. The number of aromatic nitrogens is 1. The predicted molar refractivity (Wildman–Crippen MR) is 90.1 cm³/mol. The van der Waals surface area contributed by atoms with Gasteiger partial charge in [-0.3, -0.25) is 4.98 Å². The van der Waals surface area contributed by atoms with Crippen LogP contribution in [0.15, 0.2) is 34.9 Å². The molecule has 0 saturated carbocycles. The molecule has 108 valence electrons. The average molecular weight is 335 g/mol. The van der Waals surface area contributed by atoms with Crippen molar-refractivity contribution in [2.45, 2.75) is 45.6 Å². The monoisotopic (exact) mass is 334 g/mol.